The summed E-state index contributed by atoms with van der Waals surface area (Å²) in [5.74, 6) is 2.57. The van der Waals surface area contributed by atoms with Gasteiger partial charge in [0, 0.05) is 44.5 Å². The van der Waals surface area contributed by atoms with Gasteiger partial charge >= 0.3 is 0 Å². The minimum atomic E-state index is 0.648. The second-order valence-electron chi connectivity index (χ2n) is 7.99. The van der Waals surface area contributed by atoms with E-state index in [-0.39, 0.29) is 0 Å². The van der Waals surface area contributed by atoms with Crippen LogP contribution < -0.4 is 14.4 Å². The highest BCUT2D eigenvalue weighted by molar-refractivity contribution is 5.57. The van der Waals surface area contributed by atoms with Crippen LogP contribution in [-0.2, 0) is 12.8 Å². The summed E-state index contributed by atoms with van der Waals surface area (Å²) >= 11 is 0. The number of rotatable bonds is 3. The molecule has 3 aliphatic rings. The Hall–Kier alpha value is -2.20. The van der Waals surface area contributed by atoms with E-state index >= 15 is 0 Å². The van der Waals surface area contributed by atoms with Crippen LogP contribution >= 0.6 is 0 Å². The summed E-state index contributed by atoms with van der Waals surface area (Å²) in [5.41, 5.74) is 4.39. The van der Waals surface area contributed by atoms with Crippen molar-refractivity contribution in [3.63, 3.8) is 0 Å². The lowest BCUT2D eigenvalue weighted by molar-refractivity contribution is 0.171. The van der Waals surface area contributed by atoms with E-state index in [9.17, 15) is 0 Å². The maximum Gasteiger partial charge on any atom is 0.163 e. The molecular formula is C23H28N2O2. The van der Waals surface area contributed by atoms with Crippen molar-refractivity contribution in [2.75, 3.05) is 50.8 Å². The monoisotopic (exact) mass is 364 g/mol. The van der Waals surface area contributed by atoms with Gasteiger partial charge in [-0.15, -0.1) is 0 Å². The van der Waals surface area contributed by atoms with Crippen LogP contribution in [-0.4, -0.2) is 50.8 Å². The maximum absolute atomic E-state index is 5.74. The second kappa shape index (κ2) is 7.43. The minimum absolute atomic E-state index is 0.648. The predicted octanol–water partition coefficient (Wildman–Crippen LogP) is 3.38. The molecule has 1 atom stereocenters. The summed E-state index contributed by atoms with van der Waals surface area (Å²) in [6, 6.07) is 15.3. The Kier molecular flexibility index (Phi) is 4.66. The molecule has 2 aliphatic heterocycles. The topological polar surface area (TPSA) is 24.9 Å². The molecule has 2 aromatic rings. The van der Waals surface area contributed by atoms with Crippen molar-refractivity contribution < 1.29 is 9.47 Å². The third-order valence-corrected chi connectivity index (χ3v) is 6.23. The average Bonchev–Trinajstić information content (AvgIpc) is 2.74. The van der Waals surface area contributed by atoms with Crippen LogP contribution in [0.15, 0.2) is 42.5 Å². The number of ether oxygens (including phenoxy) is 2. The Labute approximate surface area is 161 Å². The van der Waals surface area contributed by atoms with Crippen molar-refractivity contribution in [2.24, 2.45) is 5.92 Å². The average molecular weight is 364 g/mol. The first-order valence-corrected chi connectivity index (χ1v) is 10.3. The summed E-state index contributed by atoms with van der Waals surface area (Å²) in [6.07, 6.45) is 3.83. The summed E-state index contributed by atoms with van der Waals surface area (Å²) < 4.78 is 11.4. The fourth-order valence-electron chi connectivity index (χ4n) is 4.71. The van der Waals surface area contributed by atoms with E-state index in [1.165, 1.54) is 31.5 Å². The molecule has 0 radical (unpaired) electrons. The number of aryl methyl sites for hydroxylation is 1. The first-order valence-electron chi connectivity index (χ1n) is 10.3. The van der Waals surface area contributed by atoms with Gasteiger partial charge in [-0.1, -0.05) is 24.3 Å². The molecule has 5 rings (SSSR count). The molecule has 1 fully saturated rings. The number of anilines is 1. The van der Waals surface area contributed by atoms with E-state index in [0.717, 1.165) is 43.6 Å². The molecule has 0 aromatic heterocycles. The van der Waals surface area contributed by atoms with E-state index in [1.807, 2.05) is 0 Å². The van der Waals surface area contributed by atoms with Crippen LogP contribution in [0.5, 0.6) is 11.5 Å². The second-order valence-corrected chi connectivity index (χ2v) is 7.99. The molecule has 0 bridgehead atoms. The van der Waals surface area contributed by atoms with Crippen molar-refractivity contribution in [1.29, 1.82) is 0 Å². The summed E-state index contributed by atoms with van der Waals surface area (Å²) in [7, 11) is 0. The zero-order valence-corrected chi connectivity index (χ0v) is 15.9. The van der Waals surface area contributed by atoms with Crippen LogP contribution in [0.1, 0.15) is 17.5 Å². The largest absolute Gasteiger partial charge is 0.486 e. The lowest BCUT2D eigenvalue weighted by Crippen LogP contribution is -2.48. The van der Waals surface area contributed by atoms with Crippen molar-refractivity contribution in [1.82, 2.24) is 4.90 Å². The maximum atomic E-state index is 5.74. The molecule has 0 N–H and O–H groups in total. The first kappa shape index (κ1) is 16.9. The third-order valence-electron chi connectivity index (χ3n) is 6.23. The normalized spacial score (nSPS) is 22.4. The van der Waals surface area contributed by atoms with Gasteiger partial charge in [-0.3, -0.25) is 4.90 Å². The predicted molar refractivity (Wildman–Crippen MR) is 108 cm³/mol. The molecule has 1 saturated heterocycles. The highest BCUT2D eigenvalue weighted by Crippen LogP contribution is 2.34. The van der Waals surface area contributed by atoms with Crippen LogP contribution in [0, 0.1) is 5.92 Å². The van der Waals surface area contributed by atoms with Crippen LogP contribution in [0.4, 0.5) is 5.69 Å². The highest BCUT2D eigenvalue weighted by atomic mass is 16.6. The van der Waals surface area contributed by atoms with E-state index in [1.54, 1.807) is 11.1 Å². The van der Waals surface area contributed by atoms with E-state index in [2.05, 4.69) is 52.3 Å². The molecule has 1 unspecified atom stereocenters. The van der Waals surface area contributed by atoms with Gasteiger partial charge in [0.25, 0.3) is 0 Å². The number of fused-ring (bicyclic) bond motifs is 2. The van der Waals surface area contributed by atoms with Crippen LogP contribution in [0.3, 0.4) is 0 Å². The van der Waals surface area contributed by atoms with Gasteiger partial charge in [0.05, 0.1) is 0 Å². The molecule has 27 heavy (non-hydrogen) atoms. The lowest BCUT2D eigenvalue weighted by atomic mass is 9.83. The number of nitrogens with zero attached hydrogens (tertiary/aromatic N) is 2. The van der Waals surface area contributed by atoms with Crippen molar-refractivity contribution >= 4 is 5.69 Å². The lowest BCUT2D eigenvalue weighted by Gasteiger charge is -2.38. The Bertz CT molecular complexity index is 799. The van der Waals surface area contributed by atoms with Gasteiger partial charge in [0.1, 0.15) is 13.2 Å². The van der Waals surface area contributed by atoms with Gasteiger partial charge in [-0.25, -0.2) is 0 Å². The van der Waals surface area contributed by atoms with Gasteiger partial charge < -0.3 is 14.4 Å². The molecule has 4 nitrogen and oxygen atoms in total. The highest BCUT2D eigenvalue weighted by Gasteiger charge is 2.24. The molecule has 0 saturated carbocycles. The van der Waals surface area contributed by atoms with Crippen molar-refractivity contribution in [3.05, 3.63) is 53.6 Å². The standard InChI is InChI=1S/C23H28N2O2/c1-2-4-20-15-18(5-6-19(20)3-1)17-24-9-11-25(12-10-24)21-7-8-22-23(16-21)27-14-13-26-22/h1-4,7-8,16,18H,5-6,9-15,17H2. The zero-order chi connectivity index (χ0) is 18.1. The van der Waals surface area contributed by atoms with Crippen LogP contribution in [0.2, 0.25) is 0 Å². The van der Waals surface area contributed by atoms with Gasteiger partial charge in [-0.05, 0) is 48.4 Å². The van der Waals surface area contributed by atoms with Crippen molar-refractivity contribution in [3.8, 4) is 11.5 Å². The first-order chi connectivity index (χ1) is 13.3. The summed E-state index contributed by atoms with van der Waals surface area (Å²) in [5, 5.41) is 0. The molecule has 2 aromatic carbocycles. The molecule has 2 heterocycles. The molecule has 0 amide bonds. The van der Waals surface area contributed by atoms with Crippen molar-refractivity contribution in [2.45, 2.75) is 19.3 Å². The fraction of sp³-hybridized carbons (Fsp3) is 0.478. The van der Waals surface area contributed by atoms with Gasteiger partial charge in [0.2, 0.25) is 0 Å². The zero-order valence-electron chi connectivity index (χ0n) is 15.9. The number of piperazine rings is 1. The van der Waals surface area contributed by atoms with E-state index < -0.39 is 0 Å². The molecule has 142 valence electrons. The van der Waals surface area contributed by atoms with E-state index in [4.69, 9.17) is 9.47 Å². The Balaban J connectivity index is 1.16. The number of hydrogen-bond acceptors (Lipinski definition) is 4. The number of hydrogen-bond donors (Lipinski definition) is 0. The Morgan fingerprint density at radius 3 is 2.48 bits per heavy atom. The molecule has 4 heteroatoms. The van der Waals surface area contributed by atoms with E-state index in [0.29, 0.717) is 13.2 Å². The van der Waals surface area contributed by atoms with Gasteiger partial charge in [0.15, 0.2) is 11.5 Å². The molecular weight excluding hydrogens is 336 g/mol. The summed E-state index contributed by atoms with van der Waals surface area (Å²) in [4.78, 5) is 5.14. The molecule has 0 spiro atoms. The SMILES string of the molecule is c1ccc2c(c1)CCC(CN1CCN(c3ccc4c(c3)OCCO4)CC1)C2. The Morgan fingerprint density at radius 1 is 0.852 bits per heavy atom. The number of benzene rings is 2. The summed E-state index contributed by atoms with van der Waals surface area (Å²) in [6.45, 7) is 7.00. The van der Waals surface area contributed by atoms with Gasteiger partial charge in [-0.2, -0.15) is 0 Å². The Morgan fingerprint density at radius 2 is 1.63 bits per heavy atom. The fourth-order valence-corrected chi connectivity index (χ4v) is 4.71. The third kappa shape index (κ3) is 3.63. The van der Waals surface area contributed by atoms with Crippen LogP contribution in [0.25, 0.3) is 0 Å². The quantitative estimate of drug-likeness (QED) is 0.834. The minimum Gasteiger partial charge on any atom is -0.486 e. The smallest absolute Gasteiger partial charge is 0.163 e. The molecule has 1 aliphatic carbocycles.